The summed E-state index contributed by atoms with van der Waals surface area (Å²) in [7, 11) is 0. The fourth-order valence-electron chi connectivity index (χ4n) is 3.47. The summed E-state index contributed by atoms with van der Waals surface area (Å²) in [5.41, 5.74) is -0.511. The van der Waals surface area contributed by atoms with E-state index in [1.807, 2.05) is 6.92 Å². The van der Waals surface area contributed by atoms with Crippen LogP contribution >= 0.6 is 0 Å². The second-order valence-corrected chi connectivity index (χ2v) is 5.05. The van der Waals surface area contributed by atoms with E-state index in [4.69, 9.17) is 4.74 Å². The van der Waals surface area contributed by atoms with E-state index in [0.717, 1.165) is 18.9 Å². The van der Waals surface area contributed by atoms with Crippen LogP contribution in [0.25, 0.3) is 0 Å². The molecule has 1 aliphatic carbocycles. The van der Waals surface area contributed by atoms with Crippen LogP contribution in [0, 0.1) is 29.1 Å². The van der Waals surface area contributed by atoms with Gasteiger partial charge in [0.1, 0.15) is 0 Å². The van der Waals surface area contributed by atoms with Gasteiger partial charge in [-0.2, -0.15) is 5.26 Å². The van der Waals surface area contributed by atoms with Gasteiger partial charge in [0.2, 0.25) is 0 Å². The van der Waals surface area contributed by atoms with Gasteiger partial charge in [0, 0.05) is 12.5 Å². The molecule has 0 spiro atoms. The van der Waals surface area contributed by atoms with E-state index in [1.54, 1.807) is 0 Å². The van der Waals surface area contributed by atoms with Crippen LogP contribution in [-0.2, 0) is 4.74 Å². The molecule has 0 aromatic carbocycles. The first kappa shape index (κ1) is 9.98. The van der Waals surface area contributed by atoms with Crippen molar-refractivity contribution in [2.45, 2.75) is 45.1 Å². The molecule has 1 aliphatic heterocycles. The highest BCUT2D eigenvalue weighted by atomic mass is 16.5. The van der Waals surface area contributed by atoms with Crippen LogP contribution in [0.3, 0.4) is 0 Å². The summed E-state index contributed by atoms with van der Waals surface area (Å²) < 4.78 is 5.69. The minimum atomic E-state index is -0.511. The molecule has 2 rings (SSSR count). The Morgan fingerprint density at radius 3 is 2.86 bits per heavy atom. The topological polar surface area (TPSA) is 33.0 Å². The smallest absolute Gasteiger partial charge is 0.154 e. The lowest BCUT2D eigenvalue weighted by Gasteiger charge is -2.47. The lowest BCUT2D eigenvalue weighted by atomic mass is 9.63. The monoisotopic (exact) mass is 193 g/mol. The molecule has 1 heterocycles. The molecule has 78 valence electrons. The van der Waals surface area contributed by atoms with Crippen LogP contribution in [0.15, 0.2) is 0 Å². The fourth-order valence-corrected chi connectivity index (χ4v) is 3.47. The maximum absolute atomic E-state index is 9.23. The molecule has 1 saturated heterocycles. The Bertz CT molecular complexity index is 256. The van der Waals surface area contributed by atoms with Gasteiger partial charge in [0.05, 0.1) is 6.07 Å². The van der Waals surface area contributed by atoms with Gasteiger partial charge < -0.3 is 4.74 Å². The maximum Gasteiger partial charge on any atom is 0.154 e. The Morgan fingerprint density at radius 1 is 1.36 bits per heavy atom. The molecule has 2 fully saturated rings. The van der Waals surface area contributed by atoms with E-state index in [0.29, 0.717) is 11.8 Å². The zero-order valence-electron chi connectivity index (χ0n) is 9.12. The Kier molecular flexibility index (Phi) is 2.53. The Hall–Kier alpha value is -0.550. The molecule has 0 amide bonds. The molecule has 4 atom stereocenters. The first-order chi connectivity index (χ1) is 6.67. The van der Waals surface area contributed by atoms with E-state index < -0.39 is 5.60 Å². The van der Waals surface area contributed by atoms with Crippen molar-refractivity contribution in [1.29, 1.82) is 5.26 Å². The second-order valence-electron chi connectivity index (χ2n) is 5.05. The van der Waals surface area contributed by atoms with E-state index >= 15 is 0 Å². The van der Waals surface area contributed by atoms with Gasteiger partial charge in [-0.15, -0.1) is 0 Å². The summed E-state index contributed by atoms with van der Waals surface area (Å²) in [4.78, 5) is 0. The van der Waals surface area contributed by atoms with Crippen LogP contribution in [0.5, 0.6) is 0 Å². The maximum atomic E-state index is 9.23. The number of nitrogens with zero attached hydrogens (tertiary/aromatic N) is 1. The van der Waals surface area contributed by atoms with Crippen LogP contribution in [0.1, 0.15) is 39.5 Å². The second kappa shape index (κ2) is 3.55. The fraction of sp³-hybridized carbons (Fsp3) is 0.917. The normalized spacial score (nSPS) is 47.9. The minimum Gasteiger partial charge on any atom is -0.360 e. The summed E-state index contributed by atoms with van der Waals surface area (Å²) in [5.74, 6) is 1.85. The molecule has 14 heavy (non-hydrogen) atoms. The van der Waals surface area contributed by atoms with Gasteiger partial charge in [-0.05, 0) is 31.6 Å². The molecule has 0 aromatic rings. The summed E-state index contributed by atoms with van der Waals surface area (Å²) >= 11 is 0. The molecule has 0 radical (unpaired) electrons. The van der Waals surface area contributed by atoms with Crippen LogP contribution < -0.4 is 0 Å². The van der Waals surface area contributed by atoms with Crippen molar-refractivity contribution < 1.29 is 4.74 Å². The first-order valence-electron chi connectivity index (χ1n) is 5.72. The van der Waals surface area contributed by atoms with Gasteiger partial charge in [0.25, 0.3) is 0 Å². The van der Waals surface area contributed by atoms with Crippen LogP contribution in [0.2, 0.25) is 0 Å². The lowest BCUT2D eigenvalue weighted by Crippen LogP contribution is -2.49. The van der Waals surface area contributed by atoms with Gasteiger partial charge in [-0.1, -0.05) is 19.8 Å². The van der Waals surface area contributed by atoms with Crippen molar-refractivity contribution in [1.82, 2.24) is 0 Å². The van der Waals surface area contributed by atoms with Crippen molar-refractivity contribution >= 4 is 0 Å². The highest BCUT2D eigenvalue weighted by molar-refractivity contribution is 5.08. The highest BCUT2D eigenvalue weighted by Crippen LogP contribution is 2.46. The molecular formula is C12H19NO. The van der Waals surface area contributed by atoms with Crippen molar-refractivity contribution in [2.75, 3.05) is 6.61 Å². The molecule has 2 heteroatoms. The van der Waals surface area contributed by atoms with E-state index in [9.17, 15) is 5.26 Å². The van der Waals surface area contributed by atoms with E-state index in [-0.39, 0.29) is 0 Å². The van der Waals surface area contributed by atoms with Gasteiger partial charge in [-0.3, -0.25) is 0 Å². The summed E-state index contributed by atoms with van der Waals surface area (Å²) in [5, 5.41) is 9.23. The number of fused-ring (bicyclic) bond motifs is 1. The quantitative estimate of drug-likeness (QED) is 0.592. The molecule has 2 aliphatic rings. The largest absolute Gasteiger partial charge is 0.360 e. The van der Waals surface area contributed by atoms with Crippen molar-refractivity contribution in [3.63, 3.8) is 0 Å². The Morgan fingerprint density at radius 2 is 2.14 bits per heavy atom. The third-order valence-electron chi connectivity index (χ3n) is 4.10. The molecule has 0 bridgehead atoms. The number of hydrogen-bond acceptors (Lipinski definition) is 2. The zero-order chi connectivity index (χ0) is 10.2. The summed E-state index contributed by atoms with van der Waals surface area (Å²) in [6, 6.07) is 2.39. The number of rotatable bonds is 0. The van der Waals surface area contributed by atoms with Crippen LogP contribution in [-0.4, -0.2) is 12.2 Å². The third-order valence-corrected chi connectivity index (χ3v) is 4.10. The molecule has 0 aromatic heterocycles. The van der Waals surface area contributed by atoms with Crippen molar-refractivity contribution in [3.8, 4) is 6.07 Å². The van der Waals surface area contributed by atoms with Crippen molar-refractivity contribution in [2.24, 2.45) is 17.8 Å². The average Bonchev–Trinajstić information content (AvgIpc) is 2.18. The third kappa shape index (κ3) is 1.44. The van der Waals surface area contributed by atoms with Gasteiger partial charge in [0.15, 0.2) is 5.60 Å². The molecule has 0 unspecified atom stereocenters. The molecule has 2 nitrogen and oxygen atoms in total. The predicted molar refractivity (Wildman–Crippen MR) is 54.6 cm³/mol. The molecule has 0 N–H and O–H groups in total. The number of hydrogen-bond donors (Lipinski definition) is 0. The summed E-state index contributed by atoms with van der Waals surface area (Å²) in [6.45, 7) is 5.03. The van der Waals surface area contributed by atoms with E-state index in [1.165, 1.54) is 19.3 Å². The Labute approximate surface area is 86.2 Å². The zero-order valence-corrected chi connectivity index (χ0v) is 9.12. The average molecular weight is 193 g/mol. The molecular weight excluding hydrogens is 174 g/mol. The van der Waals surface area contributed by atoms with Gasteiger partial charge >= 0.3 is 0 Å². The van der Waals surface area contributed by atoms with E-state index in [2.05, 4.69) is 13.0 Å². The highest BCUT2D eigenvalue weighted by Gasteiger charge is 2.47. The standard InChI is InChI=1S/C12H19NO/c1-9-4-3-5-10-6-7-14-12(2,8-13)11(9)10/h9-11H,3-7H2,1-2H3/t9-,10+,11-,12+/m0/s1. The number of ether oxygens (including phenoxy) is 1. The number of nitriles is 1. The SMILES string of the molecule is C[C@H]1CCC[C@@H]2CCO[C@](C)(C#N)[C@H]21. The minimum absolute atomic E-state index is 0.468. The van der Waals surface area contributed by atoms with Crippen LogP contribution in [0.4, 0.5) is 0 Å². The Balaban J connectivity index is 2.24. The van der Waals surface area contributed by atoms with Gasteiger partial charge in [-0.25, -0.2) is 0 Å². The molecule has 1 saturated carbocycles. The summed E-state index contributed by atoms with van der Waals surface area (Å²) in [6.07, 6.45) is 5.06. The lowest BCUT2D eigenvalue weighted by molar-refractivity contribution is -0.124. The van der Waals surface area contributed by atoms with Crippen molar-refractivity contribution in [3.05, 3.63) is 0 Å². The predicted octanol–water partition coefficient (Wildman–Crippen LogP) is 2.74. The first-order valence-corrected chi connectivity index (χ1v) is 5.72.